The van der Waals surface area contributed by atoms with Crippen molar-refractivity contribution in [1.29, 1.82) is 0 Å². The van der Waals surface area contributed by atoms with Crippen LogP contribution in [0.25, 0.3) is 0 Å². The number of nitrogens with two attached hydrogens (primary N) is 1. The third-order valence-electron chi connectivity index (χ3n) is 2.16. The predicted octanol–water partition coefficient (Wildman–Crippen LogP) is 0.358. The van der Waals surface area contributed by atoms with Crippen LogP contribution in [0.1, 0.15) is 10.5 Å². The Morgan fingerprint density at radius 2 is 2.16 bits per heavy atom. The van der Waals surface area contributed by atoms with Gasteiger partial charge >= 0.3 is 0 Å². The number of hydrogen-bond acceptors (Lipinski definition) is 5. The summed E-state index contributed by atoms with van der Waals surface area (Å²) in [6.07, 6.45) is 1.24. The monoisotopic (exact) mass is 301 g/mol. The molecule has 0 radical (unpaired) electrons. The molecule has 0 bridgehead atoms. The Labute approximate surface area is 113 Å². The van der Waals surface area contributed by atoms with Gasteiger partial charge in [-0.3, -0.25) is 4.79 Å². The lowest BCUT2D eigenvalue weighted by Gasteiger charge is -2.06. The molecular formula is C9H8ClN5O3S. The number of nitrogens with zero attached hydrogens (tertiary/aromatic N) is 2. The maximum absolute atomic E-state index is 11.7. The van der Waals surface area contributed by atoms with Gasteiger partial charge in [0.1, 0.15) is 0 Å². The molecule has 0 aliphatic heterocycles. The summed E-state index contributed by atoms with van der Waals surface area (Å²) in [5.74, 6) is -0.529. The second-order valence-corrected chi connectivity index (χ2v) is 5.46. The number of primary sulfonamides is 1. The quantitative estimate of drug-likeness (QED) is 0.753. The maximum atomic E-state index is 11.7. The predicted molar refractivity (Wildman–Crippen MR) is 67.2 cm³/mol. The Balaban J connectivity index is 2.25. The molecule has 0 aliphatic carbocycles. The van der Waals surface area contributed by atoms with E-state index in [0.717, 1.165) is 6.07 Å². The van der Waals surface area contributed by atoms with Crippen LogP contribution in [0, 0.1) is 0 Å². The fourth-order valence-corrected chi connectivity index (χ4v) is 2.10. The van der Waals surface area contributed by atoms with Gasteiger partial charge in [-0.15, -0.1) is 0 Å². The Morgan fingerprint density at radius 3 is 2.68 bits per heavy atom. The average molecular weight is 302 g/mol. The van der Waals surface area contributed by atoms with Gasteiger partial charge in [0.25, 0.3) is 5.91 Å². The van der Waals surface area contributed by atoms with E-state index in [1.165, 1.54) is 18.3 Å². The largest absolute Gasteiger partial charge is 0.319 e. The minimum Gasteiger partial charge on any atom is -0.319 e. The van der Waals surface area contributed by atoms with Gasteiger partial charge in [0.2, 0.25) is 10.0 Å². The molecule has 1 amide bonds. The Kier molecular flexibility index (Phi) is 3.51. The first-order valence-electron chi connectivity index (χ1n) is 4.87. The van der Waals surface area contributed by atoms with Crippen molar-refractivity contribution in [3.8, 4) is 0 Å². The second kappa shape index (κ2) is 4.96. The molecule has 0 saturated heterocycles. The van der Waals surface area contributed by atoms with Crippen LogP contribution in [0.2, 0.25) is 5.02 Å². The van der Waals surface area contributed by atoms with E-state index in [0.29, 0.717) is 0 Å². The standard InChI is InChI=1S/C9H8ClN5O3S/c10-6-3-5(19(11,17)18)1-2-7(6)13-9(16)8-4-12-15-14-8/h1-4H,(H,13,16)(H2,11,17,18)(H,12,14,15). The van der Waals surface area contributed by atoms with Crippen molar-refractivity contribution in [2.45, 2.75) is 4.90 Å². The highest BCUT2D eigenvalue weighted by Crippen LogP contribution is 2.25. The first-order valence-corrected chi connectivity index (χ1v) is 6.80. The van der Waals surface area contributed by atoms with Crippen molar-refractivity contribution in [3.05, 3.63) is 35.1 Å². The van der Waals surface area contributed by atoms with E-state index in [2.05, 4.69) is 20.7 Å². The van der Waals surface area contributed by atoms with Crippen LogP contribution < -0.4 is 10.5 Å². The number of carbonyl (C=O) groups is 1. The number of halogens is 1. The number of nitrogens with one attached hydrogen (secondary N) is 2. The topological polar surface area (TPSA) is 131 Å². The summed E-state index contributed by atoms with van der Waals surface area (Å²) >= 11 is 5.86. The number of sulfonamides is 1. The zero-order valence-electron chi connectivity index (χ0n) is 9.29. The second-order valence-electron chi connectivity index (χ2n) is 3.50. The maximum Gasteiger partial charge on any atom is 0.277 e. The Bertz CT molecular complexity index is 713. The van der Waals surface area contributed by atoms with Gasteiger partial charge in [-0.05, 0) is 18.2 Å². The number of hydrogen-bond donors (Lipinski definition) is 3. The molecule has 0 aliphatic rings. The number of rotatable bonds is 3. The third kappa shape index (κ3) is 3.08. The number of amides is 1. The number of aromatic amines is 1. The average Bonchev–Trinajstić information content (AvgIpc) is 2.84. The van der Waals surface area contributed by atoms with Gasteiger partial charge in [0, 0.05) is 0 Å². The van der Waals surface area contributed by atoms with Gasteiger partial charge in [-0.1, -0.05) is 11.6 Å². The summed E-state index contributed by atoms with van der Waals surface area (Å²) in [6, 6.07) is 3.72. The SMILES string of the molecule is NS(=O)(=O)c1ccc(NC(=O)c2cn[nH]n2)c(Cl)c1. The molecule has 2 rings (SSSR count). The van der Waals surface area contributed by atoms with E-state index in [4.69, 9.17) is 16.7 Å². The minimum absolute atomic E-state index is 0.0448. The van der Waals surface area contributed by atoms with Gasteiger partial charge in [0.15, 0.2) is 5.69 Å². The number of anilines is 1. The molecule has 0 spiro atoms. The van der Waals surface area contributed by atoms with E-state index >= 15 is 0 Å². The molecule has 0 fully saturated rings. The van der Waals surface area contributed by atoms with Crippen molar-refractivity contribution >= 4 is 33.2 Å². The van der Waals surface area contributed by atoms with E-state index in [1.807, 2.05) is 0 Å². The highest BCUT2D eigenvalue weighted by atomic mass is 35.5. The fraction of sp³-hybridized carbons (Fsp3) is 0. The summed E-state index contributed by atoms with van der Waals surface area (Å²) in [4.78, 5) is 11.5. The summed E-state index contributed by atoms with van der Waals surface area (Å²) < 4.78 is 22.2. The molecular weight excluding hydrogens is 294 g/mol. The molecule has 1 aromatic heterocycles. The van der Waals surface area contributed by atoms with Gasteiger partial charge in [-0.25, -0.2) is 13.6 Å². The third-order valence-corrected chi connectivity index (χ3v) is 3.39. The van der Waals surface area contributed by atoms with E-state index in [1.54, 1.807) is 0 Å². The molecule has 1 heterocycles. The van der Waals surface area contributed by atoms with Crippen LogP contribution in [0.5, 0.6) is 0 Å². The fourth-order valence-electron chi connectivity index (χ4n) is 1.27. The molecule has 4 N–H and O–H groups in total. The van der Waals surface area contributed by atoms with E-state index in [-0.39, 0.29) is 21.3 Å². The zero-order valence-corrected chi connectivity index (χ0v) is 10.9. The molecule has 100 valence electrons. The lowest BCUT2D eigenvalue weighted by molar-refractivity contribution is 0.102. The first kappa shape index (κ1) is 13.5. The molecule has 1 aromatic carbocycles. The van der Waals surface area contributed by atoms with Crippen molar-refractivity contribution in [1.82, 2.24) is 15.4 Å². The number of benzene rings is 1. The lowest BCUT2D eigenvalue weighted by atomic mass is 10.3. The lowest BCUT2D eigenvalue weighted by Crippen LogP contribution is -2.14. The smallest absolute Gasteiger partial charge is 0.277 e. The van der Waals surface area contributed by atoms with Gasteiger partial charge in [0.05, 0.1) is 21.8 Å². The Hall–Kier alpha value is -1.97. The van der Waals surface area contributed by atoms with Crippen LogP contribution in [0.3, 0.4) is 0 Å². The molecule has 2 aromatic rings. The normalized spacial score (nSPS) is 11.3. The molecule has 10 heteroatoms. The Morgan fingerprint density at radius 1 is 1.42 bits per heavy atom. The van der Waals surface area contributed by atoms with Gasteiger partial charge in [-0.2, -0.15) is 15.4 Å². The summed E-state index contributed by atoms with van der Waals surface area (Å²) in [6.45, 7) is 0. The van der Waals surface area contributed by atoms with Crippen LogP contribution in [0.15, 0.2) is 29.3 Å². The van der Waals surface area contributed by atoms with Crippen LogP contribution in [0.4, 0.5) is 5.69 Å². The van der Waals surface area contributed by atoms with E-state index < -0.39 is 15.9 Å². The van der Waals surface area contributed by atoms with Crippen molar-refractivity contribution < 1.29 is 13.2 Å². The highest BCUT2D eigenvalue weighted by molar-refractivity contribution is 7.89. The van der Waals surface area contributed by atoms with Crippen LogP contribution in [-0.2, 0) is 10.0 Å². The van der Waals surface area contributed by atoms with Crippen LogP contribution in [-0.4, -0.2) is 29.7 Å². The molecule has 19 heavy (non-hydrogen) atoms. The molecule has 0 saturated carbocycles. The molecule has 8 nitrogen and oxygen atoms in total. The molecule has 0 atom stereocenters. The van der Waals surface area contributed by atoms with Crippen molar-refractivity contribution in [3.63, 3.8) is 0 Å². The van der Waals surface area contributed by atoms with Crippen molar-refractivity contribution in [2.75, 3.05) is 5.32 Å². The zero-order chi connectivity index (χ0) is 14.0. The summed E-state index contributed by atoms with van der Waals surface area (Å²) in [7, 11) is -3.84. The minimum atomic E-state index is -3.84. The first-order chi connectivity index (χ1) is 8.88. The van der Waals surface area contributed by atoms with E-state index in [9.17, 15) is 13.2 Å². The number of H-pyrrole nitrogens is 1. The number of carbonyl (C=O) groups excluding carboxylic acids is 1. The highest BCUT2D eigenvalue weighted by Gasteiger charge is 2.14. The van der Waals surface area contributed by atoms with Crippen LogP contribution >= 0.6 is 11.6 Å². The van der Waals surface area contributed by atoms with Crippen molar-refractivity contribution in [2.24, 2.45) is 5.14 Å². The molecule has 0 unspecified atom stereocenters. The summed E-state index contributed by atoms with van der Waals surface area (Å²) in [5, 5.41) is 16.8. The number of aromatic nitrogens is 3. The summed E-state index contributed by atoms with van der Waals surface area (Å²) in [5.41, 5.74) is 0.314. The van der Waals surface area contributed by atoms with Gasteiger partial charge < -0.3 is 5.32 Å².